The molecule has 1 amide bonds. The minimum Gasteiger partial charge on any atom is -0.336 e. The van der Waals surface area contributed by atoms with E-state index in [9.17, 15) is 4.79 Å². The van der Waals surface area contributed by atoms with Crippen LogP contribution in [0.25, 0.3) is 0 Å². The highest BCUT2D eigenvalue weighted by atomic mass is 16.2. The van der Waals surface area contributed by atoms with Gasteiger partial charge >= 0.3 is 0 Å². The molecule has 6 heteroatoms. The molecule has 0 unspecified atom stereocenters. The van der Waals surface area contributed by atoms with Gasteiger partial charge in [0.05, 0.1) is 6.54 Å². The second kappa shape index (κ2) is 4.44. The lowest BCUT2D eigenvalue weighted by Gasteiger charge is -2.26. The van der Waals surface area contributed by atoms with Crippen molar-refractivity contribution in [2.24, 2.45) is 0 Å². The Morgan fingerprint density at radius 1 is 1.06 bits per heavy atom. The number of likely N-dealkylation sites (tertiary alicyclic amines) is 1. The van der Waals surface area contributed by atoms with Crippen LogP contribution in [0.5, 0.6) is 0 Å². The summed E-state index contributed by atoms with van der Waals surface area (Å²) in [5.74, 6) is 1.35. The Balaban J connectivity index is 1.83. The van der Waals surface area contributed by atoms with Gasteiger partial charge in [-0.25, -0.2) is 5.32 Å². The molecule has 0 bridgehead atoms. The molecule has 6 nitrogen and oxygen atoms in total. The molecule has 0 N–H and O–H groups in total. The Morgan fingerprint density at radius 2 is 1.88 bits per heavy atom. The molecule has 0 atom stereocenters. The molecule has 1 aromatic heterocycles. The highest BCUT2D eigenvalue weighted by molar-refractivity contribution is 5.90. The van der Waals surface area contributed by atoms with E-state index in [1.807, 2.05) is 9.47 Å². The van der Waals surface area contributed by atoms with Crippen molar-refractivity contribution in [3.05, 3.63) is 11.6 Å². The Morgan fingerprint density at radius 3 is 2.71 bits per heavy atom. The highest BCUT2D eigenvalue weighted by Gasteiger charge is 2.26. The maximum absolute atomic E-state index is 12.3. The van der Waals surface area contributed by atoms with Crippen LogP contribution in [0.2, 0.25) is 0 Å². The van der Waals surface area contributed by atoms with Gasteiger partial charge < -0.3 is 9.47 Å². The zero-order valence-corrected chi connectivity index (χ0v) is 9.80. The van der Waals surface area contributed by atoms with Crippen molar-refractivity contribution < 1.29 is 4.79 Å². The summed E-state index contributed by atoms with van der Waals surface area (Å²) < 4.78 is 1.92. The molecule has 91 valence electrons. The van der Waals surface area contributed by atoms with Crippen LogP contribution in [0.15, 0.2) is 0 Å². The largest absolute Gasteiger partial charge is 0.336 e. The van der Waals surface area contributed by atoms with Crippen molar-refractivity contribution in [3.63, 3.8) is 0 Å². The lowest BCUT2D eigenvalue weighted by Crippen LogP contribution is -2.38. The molecule has 2 aliphatic rings. The summed E-state index contributed by atoms with van der Waals surface area (Å²) in [6.07, 6.45) is 3.42. The summed E-state index contributed by atoms with van der Waals surface area (Å²) in [4.78, 5) is 14.2. The normalized spacial score (nSPS) is 20.1. The van der Waals surface area contributed by atoms with Gasteiger partial charge in [0.2, 0.25) is 5.82 Å². The number of nitrogens with zero attached hydrogens (tertiary/aromatic N) is 5. The van der Waals surface area contributed by atoms with Gasteiger partial charge in [-0.1, -0.05) is 0 Å². The SMILES string of the molecule is O=C(c1nnc2n1CC[N]C2)N1CCCCC1. The predicted octanol–water partition coefficient (Wildman–Crippen LogP) is 0.0222. The van der Waals surface area contributed by atoms with Gasteiger partial charge in [0.15, 0.2) is 0 Å². The van der Waals surface area contributed by atoms with E-state index >= 15 is 0 Å². The van der Waals surface area contributed by atoms with Crippen LogP contribution in [0.1, 0.15) is 35.7 Å². The van der Waals surface area contributed by atoms with Gasteiger partial charge in [-0.2, -0.15) is 0 Å². The number of carbonyl (C=O) groups excluding carboxylic acids is 1. The monoisotopic (exact) mass is 234 g/mol. The lowest BCUT2D eigenvalue weighted by atomic mass is 10.1. The van der Waals surface area contributed by atoms with Crippen molar-refractivity contribution in [3.8, 4) is 0 Å². The van der Waals surface area contributed by atoms with Crippen LogP contribution >= 0.6 is 0 Å². The van der Waals surface area contributed by atoms with E-state index in [1.54, 1.807) is 0 Å². The molecule has 0 aromatic carbocycles. The van der Waals surface area contributed by atoms with Crippen LogP contribution in [-0.2, 0) is 13.1 Å². The molecule has 1 radical (unpaired) electrons. The van der Waals surface area contributed by atoms with Gasteiger partial charge in [0.1, 0.15) is 5.82 Å². The Kier molecular flexibility index (Phi) is 2.80. The molecule has 3 heterocycles. The topological polar surface area (TPSA) is 65.1 Å². The fourth-order valence-electron chi connectivity index (χ4n) is 2.43. The van der Waals surface area contributed by atoms with E-state index in [1.165, 1.54) is 6.42 Å². The molecule has 17 heavy (non-hydrogen) atoms. The molecular formula is C11H16N5O. The Bertz CT molecular complexity index is 421. The van der Waals surface area contributed by atoms with E-state index in [0.717, 1.165) is 44.8 Å². The van der Waals surface area contributed by atoms with Gasteiger partial charge in [0, 0.05) is 26.2 Å². The lowest BCUT2D eigenvalue weighted by molar-refractivity contribution is 0.0705. The number of piperidine rings is 1. The highest BCUT2D eigenvalue weighted by Crippen LogP contribution is 2.14. The maximum atomic E-state index is 12.3. The van der Waals surface area contributed by atoms with E-state index < -0.39 is 0 Å². The first-order valence-corrected chi connectivity index (χ1v) is 6.21. The zero-order valence-electron chi connectivity index (χ0n) is 9.80. The van der Waals surface area contributed by atoms with Crippen LogP contribution < -0.4 is 5.32 Å². The first kappa shape index (κ1) is 10.7. The summed E-state index contributed by atoms with van der Waals surface area (Å²) >= 11 is 0. The maximum Gasteiger partial charge on any atom is 0.291 e. The molecule has 2 aliphatic heterocycles. The zero-order chi connectivity index (χ0) is 11.7. The van der Waals surface area contributed by atoms with Gasteiger partial charge in [-0.05, 0) is 19.3 Å². The number of aromatic nitrogens is 3. The predicted molar refractivity (Wildman–Crippen MR) is 60.5 cm³/mol. The molecule has 0 saturated carbocycles. The third-order valence-corrected chi connectivity index (χ3v) is 3.40. The average Bonchev–Trinajstić information content (AvgIpc) is 2.83. The Labute approximate surface area is 100 Å². The van der Waals surface area contributed by atoms with Crippen molar-refractivity contribution in [1.82, 2.24) is 25.0 Å². The van der Waals surface area contributed by atoms with Crippen LogP contribution in [0, 0.1) is 0 Å². The molecule has 0 aliphatic carbocycles. The molecule has 1 aromatic rings. The first-order valence-electron chi connectivity index (χ1n) is 6.21. The van der Waals surface area contributed by atoms with Gasteiger partial charge in [-0.3, -0.25) is 4.79 Å². The summed E-state index contributed by atoms with van der Waals surface area (Å²) in [6, 6.07) is 0. The van der Waals surface area contributed by atoms with E-state index in [4.69, 9.17) is 0 Å². The second-order valence-corrected chi connectivity index (χ2v) is 4.55. The van der Waals surface area contributed by atoms with Crippen molar-refractivity contribution >= 4 is 5.91 Å². The quantitative estimate of drug-likeness (QED) is 0.688. The van der Waals surface area contributed by atoms with Gasteiger partial charge in [0.25, 0.3) is 5.91 Å². The number of carbonyl (C=O) groups is 1. The molecule has 1 fully saturated rings. The summed E-state index contributed by atoms with van der Waals surface area (Å²) in [5.41, 5.74) is 0. The Hall–Kier alpha value is -1.43. The molecule has 0 spiro atoms. The van der Waals surface area contributed by atoms with Crippen LogP contribution in [0.3, 0.4) is 0 Å². The fourth-order valence-corrected chi connectivity index (χ4v) is 2.43. The van der Waals surface area contributed by atoms with E-state index in [2.05, 4.69) is 15.5 Å². The van der Waals surface area contributed by atoms with Crippen LogP contribution in [0.4, 0.5) is 0 Å². The number of amides is 1. The number of rotatable bonds is 1. The van der Waals surface area contributed by atoms with Crippen LogP contribution in [-0.4, -0.2) is 45.2 Å². The first-order chi connectivity index (χ1) is 8.36. The van der Waals surface area contributed by atoms with Crippen molar-refractivity contribution in [2.45, 2.75) is 32.4 Å². The second-order valence-electron chi connectivity index (χ2n) is 4.55. The third-order valence-electron chi connectivity index (χ3n) is 3.40. The standard InChI is InChI=1S/C11H16N5O/c17-11(15-5-2-1-3-6-15)10-14-13-9-8-12-4-7-16(9)10/h1-8H2. The van der Waals surface area contributed by atoms with Crippen molar-refractivity contribution in [2.75, 3.05) is 19.6 Å². The molecule has 3 rings (SSSR count). The minimum absolute atomic E-state index is 0.0327. The number of hydrogen-bond donors (Lipinski definition) is 0. The van der Waals surface area contributed by atoms with E-state index in [0.29, 0.717) is 12.4 Å². The average molecular weight is 234 g/mol. The summed E-state index contributed by atoms with van der Waals surface area (Å²) in [5, 5.41) is 12.3. The number of hydrogen-bond acceptors (Lipinski definition) is 3. The molecular weight excluding hydrogens is 218 g/mol. The van der Waals surface area contributed by atoms with E-state index in [-0.39, 0.29) is 5.91 Å². The number of fused-ring (bicyclic) bond motifs is 1. The summed E-state index contributed by atoms with van der Waals surface area (Å²) in [7, 11) is 0. The third kappa shape index (κ3) is 1.93. The smallest absolute Gasteiger partial charge is 0.291 e. The summed E-state index contributed by atoms with van der Waals surface area (Å²) in [6.45, 7) is 3.78. The minimum atomic E-state index is 0.0327. The van der Waals surface area contributed by atoms with Crippen molar-refractivity contribution in [1.29, 1.82) is 0 Å². The van der Waals surface area contributed by atoms with Gasteiger partial charge in [-0.15, -0.1) is 10.2 Å². The fraction of sp³-hybridized carbons (Fsp3) is 0.727. The molecule has 1 saturated heterocycles.